The average molecular weight is 223 g/mol. The van der Waals surface area contributed by atoms with Crippen LogP contribution in [0.5, 0.6) is 5.75 Å². The van der Waals surface area contributed by atoms with E-state index in [2.05, 4.69) is 5.32 Å². The minimum Gasteiger partial charge on any atom is -0.482 e. The van der Waals surface area contributed by atoms with Crippen LogP contribution in [0.1, 0.15) is 13.3 Å². The highest BCUT2D eigenvalue weighted by molar-refractivity contribution is 5.90. The zero-order chi connectivity index (χ0) is 12.0. The summed E-state index contributed by atoms with van der Waals surface area (Å²) in [7, 11) is 0. The van der Waals surface area contributed by atoms with Crippen molar-refractivity contribution in [3.63, 3.8) is 0 Å². The summed E-state index contributed by atoms with van der Waals surface area (Å²) < 4.78 is 4.94. The van der Waals surface area contributed by atoms with Gasteiger partial charge in [0.2, 0.25) is 5.91 Å². The van der Waals surface area contributed by atoms with E-state index in [0.717, 1.165) is 0 Å². The van der Waals surface area contributed by atoms with Crippen LogP contribution in [0.15, 0.2) is 24.3 Å². The lowest BCUT2D eigenvalue weighted by Crippen LogP contribution is -2.10. The van der Waals surface area contributed by atoms with E-state index in [-0.39, 0.29) is 12.5 Å². The molecule has 0 aliphatic carbocycles. The van der Waals surface area contributed by atoms with E-state index >= 15 is 0 Å². The Morgan fingerprint density at radius 3 is 2.44 bits per heavy atom. The van der Waals surface area contributed by atoms with Crippen molar-refractivity contribution in [1.82, 2.24) is 0 Å². The molecule has 1 aromatic rings. The highest BCUT2D eigenvalue weighted by Crippen LogP contribution is 2.15. The predicted octanol–water partition coefficient (Wildman–Crippen LogP) is 1.50. The Balaban J connectivity index is 2.54. The van der Waals surface area contributed by atoms with Gasteiger partial charge in [0, 0.05) is 12.1 Å². The maximum atomic E-state index is 11.1. The van der Waals surface area contributed by atoms with Crippen molar-refractivity contribution in [2.75, 3.05) is 11.9 Å². The molecule has 0 atom stereocenters. The number of ether oxygens (including phenoxy) is 1. The van der Waals surface area contributed by atoms with E-state index in [4.69, 9.17) is 9.84 Å². The van der Waals surface area contributed by atoms with Gasteiger partial charge < -0.3 is 15.2 Å². The average Bonchev–Trinajstić information content (AvgIpc) is 2.28. The standard InChI is InChI=1S/C11H13NO4/c1-2-10(13)12-8-3-5-9(6-4-8)16-7-11(14)15/h3-6H,2,7H2,1H3,(H,12,13)(H,14,15). The van der Waals surface area contributed by atoms with Crippen LogP contribution in [-0.2, 0) is 9.59 Å². The second-order valence-corrected chi connectivity index (χ2v) is 3.11. The summed E-state index contributed by atoms with van der Waals surface area (Å²) >= 11 is 0. The number of amides is 1. The fourth-order valence-corrected chi connectivity index (χ4v) is 1.03. The fraction of sp³-hybridized carbons (Fsp3) is 0.273. The van der Waals surface area contributed by atoms with Gasteiger partial charge >= 0.3 is 5.97 Å². The largest absolute Gasteiger partial charge is 0.482 e. The molecule has 0 aliphatic heterocycles. The van der Waals surface area contributed by atoms with E-state index < -0.39 is 5.97 Å². The number of benzene rings is 1. The molecule has 0 heterocycles. The first kappa shape index (κ1) is 12.0. The van der Waals surface area contributed by atoms with Crippen molar-refractivity contribution in [2.24, 2.45) is 0 Å². The van der Waals surface area contributed by atoms with Gasteiger partial charge in [0.15, 0.2) is 6.61 Å². The first-order valence-corrected chi connectivity index (χ1v) is 4.86. The molecule has 1 rings (SSSR count). The molecule has 0 unspecified atom stereocenters. The van der Waals surface area contributed by atoms with Crippen molar-refractivity contribution in [3.8, 4) is 5.75 Å². The highest BCUT2D eigenvalue weighted by Gasteiger charge is 2.01. The second kappa shape index (κ2) is 5.75. The number of nitrogens with one attached hydrogen (secondary N) is 1. The van der Waals surface area contributed by atoms with Crippen LogP contribution in [-0.4, -0.2) is 23.6 Å². The molecular weight excluding hydrogens is 210 g/mol. The second-order valence-electron chi connectivity index (χ2n) is 3.11. The Morgan fingerprint density at radius 2 is 1.94 bits per heavy atom. The summed E-state index contributed by atoms with van der Waals surface area (Å²) in [6, 6.07) is 6.53. The molecule has 86 valence electrons. The third kappa shape index (κ3) is 4.00. The highest BCUT2D eigenvalue weighted by atomic mass is 16.5. The molecule has 1 amide bonds. The number of aliphatic carboxylic acids is 1. The number of carboxylic acids is 1. The van der Waals surface area contributed by atoms with Gasteiger partial charge in [-0.15, -0.1) is 0 Å². The summed E-state index contributed by atoms with van der Waals surface area (Å²) in [5, 5.41) is 11.1. The summed E-state index contributed by atoms with van der Waals surface area (Å²) in [4.78, 5) is 21.3. The van der Waals surface area contributed by atoms with Crippen molar-refractivity contribution >= 4 is 17.6 Å². The molecule has 1 aromatic carbocycles. The third-order valence-electron chi connectivity index (χ3n) is 1.82. The van der Waals surface area contributed by atoms with Gasteiger partial charge in [-0.05, 0) is 24.3 Å². The Labute approximate surface area is 93.0 Å². The minimum absolute atomic E-state index is 0.0702. The number of carboxylic acid groups (broad SMARTS) is 1. The summed E-state index contributed by atoms with van der Waals surface area (Å²) in [5.74, 6) is -0.639. The number of anilines is 1. The van der Waals surface area contributed by atoms with Crippen molar-refractivity contribution < 1.29 is 19.4 Å². The van der Waals surface area contributed by atoms with Crippen LogP contribution in [0.4, 0.5) is 5.69 Å². The zero-order valence-electron chi connectivity index (χ0n) is 8.90. The van der Waals surface area contributed by atoms with E-state index in [1.807, 2.05) is 0 Å². The molecule has 0 aliphatic rings. The summed E-state index contributed by atoms with van der Waals surface area (Å²) in [6.45, 7) is 1.39. The van der Waals surface area contributed by atoms with Gasteiger partial charge in [0.05, 0.1) is 0 Å². The molecule has 0 spiro atoms. The zero-order valence-corrected chi connectivity index (χ0v) is 8.90. The van der Waals surface area contributed by atoms with Crippen molar-refractivity contribution in [3.05, 3.63) is 24.3 Å². The van der Waals surface area contributed by atoms with Gasteiger partial charge in [0.1, 0.15) is 5.75 Å². The van der Waals surface area contributed by atoms with Crippen molar-refractivity contribution in [2.45, 2.75) is 13.3 Å². The van der Waals surface area contributed by atoms with E-state index in [1.165, 1.54) is 0 Å². The Morgan fingerprint density at radius 1 is 1.31 bits per heavy atom. The number of rotatable bonds is 5. The molecule has 0 fully saturated rings. The topological polar surface area (TPSA) is 75.6 Å². The normalized spacial score (nSPS) is 9.56. The van der Waals surface area contributed by atoms with Gasteiger partial charge in [-0.2, -0.15) is 0 Å². The van der Waals surface area contributed by atoms with E-state index in [9.17, 15) is 9.59 Å². The first-order chi connectivity index (χ1) is 7.61. The third-order valence-corrected chi connectivity index (χ3v) is 1.82. The lowest BCUT2D eigenvalue weighted by molar-refractivity contribution is -0.139. The van der Waals surface area contributed by atoms with Crippen LogP contribution < -0.4 is 10.1 Å². The maximum Gasteiger partial charge on any atom is 0.341 e. The molecule has 16 heavy (non-hydrogen) atoms. The lowest BCUT2D eigenvalue weighted by atomic mass is 10.3. The summed E-state index contributed by atoms with van der Waals surface area (Å²) in [5.41, 5.74) is 0.662. The first-order valence-electron chi connectivity index (χ1n) is 4.86. The number of carbonyl (C=O) groups excluding carboxylic acids is 1. The molecular formula is C11H13NO4. The molecule has 0 radical (unpaired) electrons. The molecule has 5 heteroatoms. The Hall–Kier alpha value is -2.04. The van der Waals surface area contributed by atoms with Gasteiger partial charge in [0.25, 0.3) is 0 Å². The van der Waals surface area contributed by atoms with Gasteiger partial charge in [-0.1, -0.05) is 6.92 Å². The molecule has 5 nitrogen and oxygen atoms in total. The van der Waals surface area contributed by atoms with Crippen LogP contribution >= 0.6 is 0 Å². The maximum absolute atomic E-state index is 11.1. The monoisotopic (exact) mass is 223 g/mol. The molecule has 0 aromatic heterocycles. The molecule has 2 N–H and O–H groups in total. The van der Waals surface area contributed by atoms with E-state index in [1.54, 1.807) is 31.2 Å². The summed E-state index contributed by atoms with van der Waals surface area (Å²) in [6.07, 6.45) is 0.414. The Bertz CT molecular complexity index is 372. The predicted molar refractivity (Wildman–Crippen MR) is 58.5 cm³/mol. The van der Waals surface area contributed by atoms with E-state index in [0.29, 0.717) is 17.9 Å². The minimum atomic E-state index is -1.02. The van der Waals surface area contributed by atoms with Crippen LogP contribution in [0.2, 0.25) is 0 Å². The van der Waals surface area contributed by atoms with Crippen LogP contribution in [0.3, 0.4) is 0 Å². The molecule has 0 saturated carbocycles. The van der Waals surface area contributed by atoms with Crippen molar-refractivity contribution in [1.29, 1.82) is 0 Å². The SMILES string of the molecule is CCC(=O)Nc1ccc(OCC(=O)O)cc1. The van der Waals surface area contributed by atoms with Crippen LogP contribution in [0.25, 0.3) is 0 Å². The molecule has 0 saturated heterocycles. The van der Waals surface area contributed by atoms with Crippen LogP contribution in [0, 0.1) is 0 Å². The quantitative estimate of drug-likeness (QED) is 0.793. The Kier molecular flexibility index (Phi) is 4.32. The molecule has 0 bridgehead atoms. The van der Waals surface area contributed by atoms with Gasteiger partial charge in [-0.3, -0.25) is 4.79 Å². The fourth-order valence-electron chi connectivity index (χ4n) is 1.03. The number of hydrogen-bond donors (Lipinski definition) is 2. The lowest BCUT2D eigenvalue weighted by Gasteiger charge is -2.05. The van der Waals surface area contributed by atoms with Gasteiger partial charge in [-0.25, -0.2) is 4.79 Å². The number of hydrogen-bond acceptors (Lipinski definition) is 3. The smallest absolute Gasteiger partial charge is 0.341 e. The number of carbonyl (C=O) groups is 2.